The Morgan fingerprint density at radius 1 is 0.833 bits per heavy atom. The molecule has 3 rings (SSSR count). The van der Waals surface area contributed by atoms with Gasteiger partial charge in [0.15, 0.2) is 5.78 Å². The summed E-state index contributed by atoms with van der Waals surface area (Å²) in [7, 11) is -3.76. The van der Waals surface area contributed by atoms with Crippen molar-refractivity contribution in [1.29, 1.82) is 0 Å². The highest BCUT2D eigenvalue weighted by molar-refractivity contribution is 7.92. The Hall–Kier alpha value is -2.92. The molecule has 0 aliphatic carbocycles. The first-order valence-electron chi connectivity index (χ1n) is 9.83. The van der Waals surface area contributed by atoms with Gasteiger partial charge < -0.3 is 0 Å². The number of rotatable bonds is 5. The molecule has 0 amide bonds. The molecule has 0 spiro atoms. The SMILES string of the molecule is Cc1ccc(C)c(S(=O)(=O)Nc2cccc(C(=O)c3ccc(C(C)(C)C)cc3)c2)c1. The van der Waals surface area contributed by atoms with Gasteiger partial charge in [0.1, 0.15) is 0 Å². The van der Waals surface area contributed by atoms with E-state index in [1.54, 1.807) is 43.3 Å². The summed E-state index contributed by atoms with van der Waals surface area (Å²) in [6, 6.07) is 19.4. The number of benzene rings is 3. The Morgan fingerprint density at radius 2 is 1.50 bits per heavy atom. The minimum atomic E-state index is -3.76. The Balaban J connectivity index is 1.87. The molecular weight excluding hydrogens is 394 g/mol. The minimum Gasteiger partial charge on any atom is -0.289 e. The van der Waals surface area contributed by atoms with E-state index in [1.165, 1.54) is 0 Å². The van der Waals surface area contributed by atoms with E-state index in [0.717, 1.165) is 11.1 Å². The summed E-state index contributed by atoms with van der Waals surface area (Å²) in [5, 5.41) is 0. The molecule has 3 aromatic carbocycles. The molecule has 4 nitrogen and oxygen atoms in total. The maximum atomic E-state index is 12.9. The van der Waals surface area contributed by atoms with Crippen LogP contribution in [0.4, 0.5) is 5.69 Å². The normalized spacial score (nSPS) is 11.9. The lowest BCUT2D eigenvalue weighted by Gasteiger charge is -2.19. The van der Waals surface area contributed by atoms with Gasteiger partial charge in [-0.25, -0.2) is 8.42 Å². The fourth-order valence-electron chi connectivity index (χ4n) is 3.22. The van der Waals surface area contributed by atoms with Crippen molar-refractivity contribution in [3.63, 3.8) is 0 Å². The van der Waals surface area contributed by atoms with E-state index in [-0.39, 0.29) is 16.1 Å². The highest BCUT2D eigenvalue weighted by Gasteiger charge is 2.19. The first-order chi connectivity index (χ1) is 14.0. The second-order valence-corrected chi connectivity index (χ2v) is 10.3. The van der Waals surface area contributed by atoms with Crippen LogP contribution in [-0.4, -0.2) is 14.2 Å². The van der Waals surface area contributed by atoms with Crippen LogP contribution in [0.2, 0.25) is 0 Å². The zero-order valence-electron chi connectivity index (χ0n) is 18.0. The molecular formula is C25H27NO3S. The molecule has 0 saturated heterocycles. The lowest BCUT2D eigenvalue weighted by atomic mass is 9.86. The van der Waals surface area contributed by atoms with Crippen molar-refractivity contribution in [2.45, 2.75) is 44.9 Å². The molecule has 5 heteroatoms. The van der Waals surface area contributed by atoms with Gasteiger partial charge in [-0.2, -0.15) is 0 Å². The molecule has 0 saturated carbocycles. The highest BCUT2D eigenvalue weighted by Crippen LogP contribution is 2.24. The van der Waals surface area contributed by atoms with E-state index in [9.17, 15) is 13.2 Å². The molecule has 1 N–H and O–H groups in total. The fourth-order valence-corrected chi connectivity index (χ4v) is 4.60. The molecule has 0 aliphatic heterocycles. The van der Waals surface area contributed by atoms with Crippen LogP contribution < -0.4 is 4.72 Å². The maximum absolute atomic E-state index is 12.9. The van der Waals surface area contributed by atoms with Crippen molar-refractivity contribution >= 4 is 21.5 Å². The second-order valence-electron chi connectivity index (χ2n) is 8.61. The third-order valence-electron chi connectivity index (χ3n) is 5.02. The monoisotopic (exact) mass is 421 g/mol. The van der Waals surface area contributed by atoms with Gasteiger partial charge in [0.25, 0.3) is 10.0 Å². The molecule has 0 bridgehead atoms. The summed E-state index contributed by atoms with van der Waals surface area (Å²) in [6.45, 7) is 9.97. The third-order valence-corrected chi connectivity index (χ3v) is 6.55. The molecule has 0 aromatic heterocycles. The van der Waals surface area contributed by atoms with E-state index in [2.05, 4.69) is 25.5 Å². The molecule has 0 fully saturated rings. The fraction of sp³-hybridized carbons (Fsp3) is 0.240. The van der Waals surface area contributed by atoms with Crippen molar-refractivity contribution in [3.8, 4) is 0 Å². The largest absolute Gasteiger partial charge is 0.289 e. The van der Waals surface area contributed by atoms with Crippen LogP contribution >= 0.6 is 0 Å². The van der Waals surface area contributed by atoms with Crippen molar-refractivity contribution in [1.82, 2.24) is 0 Å². The predicted octanol–water partition coefficient (Wildman–Crippen LogP) is 5.63. The van der Waals surface area contributed by atoms with E-state index < -0.39 is 10.0 Å². The summed E-state index contributed by atoms with van der Waals surface area (Å²) in [5.41, 5.74) is 4.04. The lowest BCUT2D eigenvalue weighted by Crippen LogP contribution is -2.15. The summed E-state index contributed by atoms with van der Waals surface area (Å²) in [5.74, 6) is -0.150. The lowest BCUT2D eigenvalue weighted by molar-refractivity contribution is 0.103. The zero-order valence-corrected chi connectivity index (χ0v) is 18.8. The van der Waals surface area contributed by atoms with Crippen LogP contribution in [0.25, 0.3) is 0 Å². The summed E-state index contributed by atoms with van der Waals surface area (Å²) >= 11 is 0. The molecule has 0 heterocycles. The molecule has 0 unspecified atom stereocenters. The van der Waals surface area contributed by atoms with Gasteiger partial charge in [-0.3, -0.25) is 9.52 Å². The average Bonchev–Trinajstić information content (AvgIpc) is 2.68. The van der Waals surface area contributed by atoms with Gasteiger partial charge in [0.05, 0.1) is 4.90 Å². The Morgan fingerprint density at radius 3 is 2.13 bits per heavy atom. The molecule has 0 atom stereocenters. The molecule has 0 aliphatic rings. The summed E-state index contributed by atoms with van der Waals surface area (Å²) < 4.78 is 28.3. The van der Waals surface area contributed by atoms with E-state index >= 15 is 0 Å². The Labute approximate surface area is 179 Å². The first kappa shape index (κ1) is 21.8. The van der Waals surface area contributed by atoms with Gasteiger partial charge in [0, 0.05) is 16.8 Å². The third kappa shape index (κ3) is 4.79. The maximum Gasteiger partial charge on any atom is 0.262 e. The number of carbonyl (C=O) groups excluding carboxylic acids is 1. The van der Waals surface area contributed by atoms with Crippen LogP contribution in [0.5, 0.6) is 0 Å². The molecule has 0 radical (unpaired) electrons. The second kappa shape index (κ2) is 8.07. The molecule has 3 aromatic rings. The predicted molar refractivity (Wildman–Crippen MR) is 122 cm³/mol. The number of hydrogen-bond acceptors (Lipinski definition) is 3. The van der Waals surface area contributed by atoms with Crippen LogP contribution in [0.15, 0.2) is 71.6 Å². The number of hydrogen-bond donors (Lipinski definition) is 1. The van der Waals surface area contributed by atoms with E-state index in [0.29, 0.717) is 22.4 Å². The van der Waals surface area contributed by atoms with Crippen molar-refractivity contribution in [3.05, 3.63) is 94.5 Å². The van der Waals surface area contributed by atoms with Crippen molar-refractivity contribution in [2.24, 2.45) is 0 Å². The summed E-state index contributed by atoms with van der Waals surface area (Å²) in [6.07, 6.45) is 0. The van der Waals surface area contributed by atoms with E-state index in [4.69, 9.17) is 0 Å². The quantitative estimate of drug-likeness (QED) is 0.543. The average molecular weight is 422 g/mol. The number of nitrogens with one attached hydrogen (secondary N) is 1. The van der Waals surface area contributed by atoms with Gasteiger partial charge in [0.2, 0.25) is 0 Å². The van der Waals surface area contributed by atoms with Gasteiger partial charge in [-0.05, 0) is 54.2 Å². The number of sulfonamides is 1. The van der Waals surface area contributed by atoms with Crippen molar-refractivity contribution < 1.29 is 13.2 Å². The number of ketones is 1. The number of anilines is 1. The standard InChI is InChI=1S/C25H27NO3S/c1-17-9-10-18(2)23(15-17)30(28,29)26-22-8-6-7-20(16-22)24(27)19-11-13-21(14-12-19)25(3,4)5/h6-16,26H,1-5H3. The number of aryl methyl sites for hydroxylation is 2. The Kier molecular flexibility index (Phi) is 5.86. The van der Waals surface area contributed by atoms with Crippen molar-refractivity contribution in [2.75, 3.05) is 4.72 Å². The van der Waals surface area contributed by atoms with Gasteiger partial charge in [-0.15, -0.1) is 0 Å². The smallest absolute Gasteiger partial charge is 0.262 e. The topological polar surface area (TPSA) is 63.2 Å². The summed E-state index contributed by atoms with van der Waals surface area (Å²) in [4.78, 5) is 13.1. The van der Waals surface area contributed by atoms with Gasteiger partial charge in [-0.1, -0.05) is 69.3 Å². The van der Waals surface area contributed by atoms with Crippen LogP contribution in [-0.2, 0) is 15.4 Å². The van der Waals surface area contributed by atoms with Crippen LogP contribution in [0.1, 0.15) is 53.4 Å². The van der Waals surface area contributed by atoms with Crippen LogP contribution in [0, 0.1) is 13.8 Å². The Bertz CT molecular complexity index is 1190. The van der Waals surface area contributed by atoms with Gasteiger partial charge >= 0.3 is 0 Å². The zero-order chi connectivity index (χ0) is 22.1. The van der Waals surface area contributed by atoms with Crippen LogP contribution in [0.3, 0.4) is 0 Å². The van der Waals surface area contributed by atoms with E-state index in [1.807, 2.05) is 37.3 Å². The molecule has 156 valence electrons. The first-order valence-corrected chi connectivity index (χ1v) is 11.3. The number of carbonyl (C=O) groups is 1. The minimum absolute atomic E-state index is 0.00764. The molecule has 30 heavy (non-hydrogen) atoms. The highest BCUT2D eigenvalue weighted by atomic mass is 32.2.